The van der Waals surface area contributed by atoms with Gasteiger partial charge < -0.3 is 14.0 Å². The van der Waals surface area contributed by atoms with E-state index in [-0.39, 0.29) is 12.5 Å². The highest BCUT2D eigenvalue weighted by Gasteiger charge is 2.33. The summed E-state index contributed by atoms with van der Waals surface area (Å²) in [7, 11) is 1.53. The number of benzene rings is 1. The summed E-state index contributed by atoms with van der Waals surface area (Å²) in [5.74, 6) is 0. The van der Waals surface area contributed by atoms with Crippen molar-refractivity contribution in [2.24, 2.45) is 5.41 Å². The first-order valence-corrected chi connectivity index (χ1v) is 6.92. The fourth-order valence-electron chi connectivity index (χ4n) is 2.15. The van der Waals surface area contributed by atoms with E-state index in [0.29, 0.717) is 0 Å². The number of hydrogen-bond donors (Lipinski definition) is 0. The number of rotatable bonds is 5. The molecule has 1 heterocycles. The van der Waals surface area contributed by atoms with Crippen LogP contribution in [0.5, 0.6) is 0 Å². The molecule has 1 aliphatic rings. The summed E-state index contributed by atoms with van der Waals surface area (Å²) in [5, 5.41) is 0. The first-order valence-electron chi connectivity index (χ1n) is 6.92. The third-order valence-corrected chi connectivity index (χ3v) is 3.32. The lowest BCUT2D eigenvalue weighted by atomic mass is 9.75. The fourth-order valence-corrected chi connectivity index (χ4v) is 2.15. The van der Waals surface area contributed by atoms with Crippen LogP contribution in [0, 0.1) is 5.41 Å². The smallest absolute Gasteiger partial charge is 0.407 e. The van der Waals surface area contributed by atoms with Crippen LogP contribution in [0.4, 0.5) is 0 Å². The molecule has 2 rings (SSSR count). The van der Waals surface area contributed by atoms with Gasteiger partial charge in [-0.15, -0.1) is 0 Å². The number of hydrogen-bond acceptors (Lipinski definition) is 3. The van der Waals surface area contributed by atoms with Crippen molar-refractivity contribution in [1.29, 1.82) is 0 Å². The maximum absolute atomic E-state index is 5.78. The summed E-state index contributed by atoms with van der Waals surface area (Å²) in [5.41, 5.74) is 2.55. The zero-order chi connectivity index (χ0) is 13.7. The molecule has 19 heavy (non-hydrogen) atoms. The van der Waals surface area contributed by atoms with Crippen LogP contribution in [0.25, 0.3) is 0 Å². The Morgan fingerprint density at radius 2 is 1.79 bits per heavy atom. The van der Waals surface area contributed by atoms with Crippen molar-refractivity contribution in [3.63, 3.8) is 0 Å². The quantitative estimate of drug-likeness (QED) is 0.600. The lowest BCUT2D eigenvalue weighted by Gasteiger charge is -2.33. The van der Waals surface area contributed by atoms with Gasteiger partial charge in [0.1, 0.15) is 0 Å². The lowest BCUT2D eigenvalue weighted by Crippen LogP contribution is -2.47. The van der Waals surface area contributed by atoms with Gasteiger partial charge >= 0.3 is 7.12 Å². The Labute approximate surface area is 116 Å². The highest BCUT2D eigenvalue weighted by atomic mass is 16.6. The number of aryl methyl sites for hydroxylation is 1. The Bertz CT molecular complexity index is 379. The molecule has 1 aliphatic heterocycles. The summed E-state index contributed by atoms with van der Waals surface area (Å²) in [6.45, 7) is 6.61. The van der Waals surface area contributed by atoms with Crippen LogP contribution in [0.15, 0.2) is 24.3 Å². The van der Waals surface area contributed by atoms with Crippen molar-refractivity contribution in [3.8, 4) is 0 Å². The van der Waals surface area contributed by atoms with E-state index in [1.165, 1.54) is 5.56 Å². The Kier molecular flexibility index (Phi) is 5.02. The summed E-state index contributed by atoms with van der Waals surface area (Å²) < 4.78 is 16.6. The molecular weight excluding hydrogens is 239 g/mol. The summed E-state index contributed by atoms with van der Waals surface area (Å²) in [6, 6.07) is 8.51. The highest BCUT2D eigenvalue weighted by Crippen LogP contribution is 2.21. The summed E-state index contributed by atoms with van der Waals surface area (Å²) in [4.78, 5) is 0. The van der Waals surface area contributed by atoms with Gasteiger partial charge in [0.2, 0.25) is 0 Å². The molecule has 1 fully saturated rings. The van der Waals surface area contributed by atoms with E-state index in [1.54, 1.807) is 7.11 Å². The van der Waals surface area contributed by atoms with Crippen molar-refractivity contribution in [1.82, 2.24) is 0 Å². The highest BCUT2D eigenvalue weighted by molar-refractivity contribution is 6.61. The standard InChI is InChI=1S/C15H23BO3/c1-15(2)11-18-16(19-12-15)14-8-6-13(7-9-14)5-4-10-17-3/h6-9H,4-5,10-12H2,1-3H3. The van der Waals surface area contributed by atoms with Gasteiger partial charge in [0, 0.05) is 32.3 Å². The average Bonchev–Trinajstić information content (AvgIpc) is 2.40. The molecule has 1 aromatic rings. The van der Waals surface area contributed by atoms with Crippen LogP contribution in [0.3, 0.4) is 0 Å². The first-order chi connectivity index (χ1) is 9.11. The Morgan fingerprint density at radius 3 is 2.37 bits per heavy atom. The van der Waals surface area contributed by atoms with Crippen LogP contribution in [0.2, 0.25) is 0 Å². The molecule has 0 N–H and O–H groups in total. The summed E-state index contributed by atoms with van der Waals surface area (Å²) >= 11 is 0. The molecule has 104 valence electrons. The molecule has 0 atom stereocenters. The number of methoxy groups -OCH3 is 1. The summed E-state index contributed by atoms with van der Waals surface area (Å²) in [6.07, 6.45) is 2.11. The van der Waals surface area contributed by atoms with Gasteiger partial charge in [0.25, 0.3) is 0 Å². The monoisotopic (exact) mass is 262 g/mol. The molecule has 0 bridgehead atoms. The molecule has 0 aliphatic carbocycles. The third-order valence-electron chi connectivity index (χ3n) is 3.32. The van der Waals surface area contributed by atoms with Gasteiger partial charge in [-0.25, -0.2) is 0 Å². The maximum Gasteiger partial charge on any atom is 0.493 e. The Hall–Kier alpha value is -0.835. The average molecular weight is 262 g/mol. The van der Waals surface area contributed by atoms with Gasteiger partial charge in [-0.1, -0.05) is 38.1 Å². The van der Waals surface area contributed by atoms with E-state index in [2.05, 4.69) is 38.1 Å². The second-order valence-corrected chi connectivity index (χ2v) is 5.96. The van der Waals surface area contributed by atoms with Crippen LogP contribution >= 0.6 is 0 Å². The van der Waals surface area contributed by atoms with E-state index in [0.717, 1.165) is 38.1 Å². The molecule has 0 amide bonds. The molecule has 1 aromatic carbocycles. The molecule has 4 heteroatoms. The number of ether oxygens (including phenoxy) is 1. The topological polar surface area (TPSA) is 27.7 Å². The predicted octanol–water partition coefficient (Wildman–Crippen LogP) is 2.03. The molecule has 0 radical (unpaired) electrons. The third kappa shape index (κ3) is 4.34. The predicted molar refractivity (Wildman–Crippen MR) is 77.7 cm³/mol. The van der Waals surface area contributed by atoms with Crippen molar-refractivity contribution in [2.75, 3.05) is 26.9 Å². The van der Waals surface area contributed by atoms with Crippen LogP contribution < -0.4 is 5.46 Å². The van der Waals surface area contributed by atoms with Gasteiger partial charge in [-0.3, -0.25) is 0 Å². The van der Waals surface area contributed by atoms with Crippen molar-refractivity contribution in [3.05, 3.63) is 29.8 Å². The van der Waals surface area contributed by atoms with E-state index in [9.17, 15) is 0 Å². The van der Waals surface area contributed by atoms with Gasteiger partial charge in [-0.05, 0) is 23.9 Å². The molecule has 0 spiro atoms. The van der Waals surface area contributed by atoms with Crippen LogP contribution in [-0.2, 0) is 20.5 Å². The fraction of sp³-hybridized carbons (Fsp3) is 0.600. The zero-order valence-electron chi connectivity index (χ0n) is 12.1. The zero-order valence-corrected chi connectivity index (χ0v) is 12.1. The maximum atomic E-state index is 5.78. The Balaban J connectivity index is 1.88. The van der Waals surface area contributed by atoms with E-state index < -0.39 is 0 Å². The minimum absolute atomic E-state index is 0.122. The first kappa shape index (κ1) is 14.6. The van der Waals surface area contributed by atoms with Crippen LogP contribution in [-0.4, -0.2) is 34.0 Å². The van der Waals surface area contributed by atoms with E-state index >= 15 is 0 Å². The minimum Gasteiger partial charge on any atom is -0.407 e. The molecule has 0 aromatic heterocycles. The van der Waals surface area contributed by atoms with Gasteiger partial charge in [-0.2, -0.15) is 0 Å². The molecule has 0 saturated carbocycles. The van der Waals surface area contributed by atoms with E-state index in [4.69, 9.17) is 14.0 Å². The molecular formula is C15H23BO3. The second-order valence-electron chi connectivity index (χ2n) is 5.96. The SMILES string of the molecule is COCCCc1ccc(B2OCC(C)(C)CO2)cc1. The van der Waals surface area contributed by atoms with Gasteiger partial charge in [0.05, 0.1) is 0 Å². The minimum atomic E-state index is -0.207. The van der Waals surface area contributed by atoms with Gasteiger partial charge in [0.15, 0.2) is 0 Å². The Morgan fingerprint density at radius 1 is 1.16 bits per heavy atom. The lowest BCUT2D eigenvalue weighted by molar-refractivity contribution is 0.0343. The molecule has 0 unspecified atom stereocenters. The van der Waals surface area contributed by atoms with Crippen LogP contribution in [0.1, 0.15) is 25.8 Å². The second kappa shape index (κ2) is 6.55. The van der Waals surface area contributed by atoms with E-state index in [1.807, 2.05) is 0 Å². The van der Waals surface area contributed by atoms with Crippen molar-refractivity contribution >= 4 is 12.6 Å². The molecule has 1 saturated heterocycles. The largest absolute Gasteiger partial charge is 0.493 e. The van der Waals surface area contributed by atoms with Crippen molar-refractivity contribution in [2.45, 2.75) is 26.7 Å². The normalized spacial score (nSPS) is 18.6. The molecule has 3 nitrogen and oxygen atoms in total. The van der Waals surface area contributed by atoms with Crippen molar-refractivity contribution < 1.29 is 14.0 Å².